The van der Waals surface area contributed by atoms with Gasteiger partial charge in [0.2, 0.25) is 0 Å². The van der Waals surface area contributed by atoms with Crippen molar-refractivity contribution in [2.24, 2.45) is 0 Å². The molecule has 1 aliphatic rings. The van der Waals surface area contributed by atoms with Crippen LogP contribution < -0.4 is 0 Å². The van der Waals surface area contributed by atoms with E-state index in [9.17, 15) is 9.59 Å². The number of likely N-dealkylation sites (tertiary alicyclic amines) is 1. The Kier molecular flexibility index (Phi) is 4.80. The fourth-order valence-electron chi connectivity index (χ4n) is 3.09. The number of carboxylic acids is 1. The summed E-state index contributed by atoms with van der Waals surface area (Å²) >= 11 is 0. The maximum atomic E-state index is 12.8. The lowest BCUT2D eigenvalue weighted by molar-refractivity contribution is -0.138. The van der Waals surface area contributed by atoms with Gasteiger partial charge in [0.1, 0.15) is 0 Å². The average Bonchev–Trinajstić information content (AvgIpc) is 3.21. The van der Waals surface area contributed by atoms with Crippen molar-refractivity contribution < 1.29 is 19.4 Å². The standard InChI is InChI=1S/C17H20N4O4/c1-11-4-3-5-12(6-11)21-10-15(18-19-21)17(24)20-9-14(25-2)7-13(20)8-16(22)23/h3-6,10,13-14H,7-9H2,1-2H3,(H,22,23). The quantitative estimate of drug-likeness (QED) is 0.877. The predicted octanol–water partition coefficient (Wildman–Crippen LogP) is 1.28. The van der Waals surface area contributed by atoms with Gasteiger partial charge in [-0.1, -0.05) is 17.3 Å². The summed E-state index contributed by atoms with van der Waals surface area (Å²) in [6, 6.07) is 7.28. The van der Waals surface area contributed by atoms with Crippen molar-refractivity contribution in [2.75, 3.05) is 13.7 Å². The van der Waals surface area contributed by atoms with E-state index in [1.54, 1.807) is 13.3 Å². The molecular formula is C17H20N4O4. The largest absolute Gasteiger partial charge is 0.481 e. The molecular weight excluding hydrogens is 324 g/mol. The lowest BCUT2D eigenvalue weighted by Crippen LogP contribution is -2.37. The number of hydrogen-bond donors (Lipinski definition) is 1. The van der Waals surface area contributed by atoms with Crippen LogP contribution >= 0.6 is 0 Å². The topological polar surface area (TPSA) is 97.6 Å². The zero-order valence-corrected chi connectivity index (χ0v) is 14.1. The number of aryl methyl sites for hydroxylation is 1. The Morgan fingerprint density at radius 1 is 1.40 bits per heavy atom. The van der Waals surface area contributed by atoms with E-state index in [1.807, 2.05) is 31.2 Å². The number of hydrogen-bond acceptors (Lipinski definition) is 5. The summed E-state index contributed by atoms with van der Waals surface area (Å²) < 4.78 is 6.84. The number of ether oxygens (including phenoxy) is 1. The summed E-state index contributed by atoms with van der Waals surface area (Å²) in [5, 5.41) is 17.1. The van der Waals surface area contributed by atoms with Crippen molar-refractivity contribution in [3.8, 4) is 5.69 Å². The first kappa shape index (κ1) is 17.1. The fourth-order valence-corrected chi connectivity index (χ4v) is 3.09. The minimum Gasteiger partial charge on any atom is -0.481 e. The molecule has 1 aliphatic heterocycles. The molecule has 2 aromatic rings. The van der Waals surface area contributed by atoms with Crippen LogP contribution in [0.5, 0.6) is 0 Å². The lowest BCUT2D eigenvalue weighted by atomic mass is 10.1. The summed E-state index contributed by atoms with van der Waals surface area (Å²) in [5.74, 6) is -1.27. The second-order valence-corrected chi connectivity index (χ2v) is 6.19. The third kappa shape index (κ3) is 3.69. The highest BCUT2D eigenvalue weighted by Gasteiger charge is 2.37. The van der Waals surface area contributed by atoms with Crippen molar-refractivity contribution in [1.29, 1.82) is 0 Å². The Bertz CT molecular complexity index is 788. The second-order valence-electron chi connectivity index (χ2n) is 6.19. The number of aliphatic carboxylic acids is 1. The molecule has 3 rings (SSSR count). The minimum absolute atomic E-state index is 0.113. The van der Waals surface area contributed by atoms with Crippen LogP contribution in [0.4, 0.5) is 0 Å². The van der Waals surface area contributed by atoms with Crippen LogP contribution in [0.3, 0.4) is 0 Å². The van der Waals surface area contributed by atoms with Gasteiger partial charge in [-0.05, 0) is 31.0 Å². The summed E-state index contributed by atoms with van der Waals surface area (Å²) in [7, 11) is 1.56. The van der Waals surface area contributed by atoms with Crippen molar-refractivity contribution in [2.45, 2.75) is 31.9 Å². The minimum atomic E-state index is -0.942. The number of carbonyl (C=O) groups is 2. The molecule has 2 unspecified atom stereocenters. The molecule has 1 amide bonds. The van der Waals surface area contributed by atoms with Crippen LogP contribution in [0.15, 0.2) is 30.5 Å². The average molecular weight is 344 g/mol. The van der Waals surface area contributed by atoms with Gasteiger partial charge in [-0.15, -0.1) is 5.10 Å². The number of amides is 1. The van der Waals surface area contributed by atoms with Gasteiger partial charge in [0.25, 0.3) is 5.91 Å². The predicted molar refractivity (Wildman–Crippen MR) is 88.6 cm³/mol. The van der Waals surface area contributed by atoms with Gasteiger partial charge in [0, 0.05) is 19.7 Å². The van der Waals surface area contributed by atoms with Gasteiger partial charge in [-0.2, -0.15) is 0 Å². The molecule has 8 heteroatoms. The molecule has 0 spiro atoms. The molecule has 0 bridgehead atoms. The third-order valence-corrected chi connectivity index (χ3v) is 4.36. The number of benzene rings is 1. The molecule has 0 aliphatic carbocycles. The Morgan fingerprint density at radius 2 is 2.20 bits per heavy atom. The Labute approximate surface area is 145 Å². The van der Waals surface area contributed by atoms with Gasteiger partial charge in [0.15, 0.2) is 5.69 Å². The highest BCUT2D eigenvalue weighted by atomic mass is 16.5. The monoisotopic (exact) mass is 344 g/mol. The zero-order chi connectivity index (χ0) is 18.0. The van der Waals surface area contributed by atoms with Crippen molar-refractivity contribution in [3.63, 3.8) is 0 Å². The molecule has 2 atom stereocenters. The smallest absolute Gasteiger partial charge is 0.305 e. The normalized spacial score (nSPS) is 20.0. The third-order valence-electron chi connectivity index (χ3n) is 4.36. The van der Waals surface area contributed by atoms with E-state index in [-0.39, 0.29) is 24.1 Å². The molecule has 8 nitrogen and oxygen atoms in total. The number of aromatic nitrogens is 3. The SMILES string of the molecule is COC1CC(CC(=O)O)N(C(=O)c2cn(-c3cccc(C)c3)nn2)C1. The molecule has 1 aromatic carbocycles. The Morgan fingerprint density at radius 3 is 2.88 bits per heavy atom. The van der Waals surface area contributed by atoms with Gasteiger partial charge < -0.3 is 14.7 Å². The van der Waals surface area contributed by atoms with Crippen molar-refractivity contribution in [1.82, 2.24) is 19.9 Å². The molecule has 1 aromatic heterocycles. The molecule has 0 saturated carbocycles. The first-order valence-electron chi connectivity index (χ1n) is 8.03. The van der Waals surface area contributed by atoms with Crippen LogP contribution in [0.1, 0.15) is 28.9 Å². The van der Waals surface area contributed by atoms with E-state index in [2.05, 4.69) is 10.3 Å². The Hall–Kier alpha value is -2.74. The maximum Gasteiger partial charge on any atom is 0.305 e. The van der Waals surface area contributed by atoms with E-state index in [4.69, 9.17) is 9.84 Å². The van der Waals surface area contributed by atoms with Crippen LogP contribution in [0.25, 0.3) is 5.69 Å². The highest BCUT2D eigenvalue weighted by Crippen LogP contribution is 2.24. The van der Waals surface area contributed by atoms with E-state index in [1.165, 1.54) is 9.58 Å². The molecule has 132 valence electrons. The summed E-state index contributed by atoms with van der Waals surface area (Å²) in [6.45, 7) is 2.32. The number of methoxy groups -OCH3 is 1. The van der Waals surface area contributed by atoms with Crippen LogP contribution in [-0.4, -0.2) is 62.7 Å². The summed E-state index contributed by atoms with van der Waals surface area (Å²) in [4.78, 5) is 25.4. The molecule has 1 saturated heterocycles. The number of nitrogens with zero attached hydrogens (tertiary/aromatic N) is 4. The van der Waals surface area contributed by atoms with Crippen LogP contribution in [0.2, 0.25) is 0 Å². The molecule has 2 heterocycles. The molecule has 1 N–H and O–H groups in total. The van der Waals surface area contributed by atoms with Gasteiger partial charge in [-0.25, -0.2) is 4.68 Å². The summed E-state index contributed by atoms with van der Waals surface area (Å²) in [5.41, 5.74) is 2.07. The fraction of sp³-hybridized carbons (Fsp3) is 0.412. The van der Waals surface area contributed by atoms with Gasteiger partial charge >= 0.3 is 5.97 Å². The number of carboxylic acid groups (broad SMARTS) is 1. The molecule has 1 fully saturated rings. The first-order valence-corrected chi connectivity index (χ1v) is 8.03. The van der Waals surface area contributed by atoms with E-state index in [0.29, 0.717) is 13.0 Å². The second kappa shape index (κ2) is 7.02. The molecule has 25 heavy (non-hydrogen) atoms. The number of carbonyl (C=O) groups excluding carboxylic acids is 1. The lowest BCUT2D eigenvalue weighted by Gasteiger charge is -2.21. The van der Waals surface area contributed by atoms with E-state index >= 15 is 0 Å². The number of rotatable bonds is 5. The summed E-state index contributed by atoms with van der Waals surface area (Å²) in [6.07, 6.45) is 1.79. The Balaban J connectivity index is 1.81. The zero-order valence-electron chi connectivity index (χ0n) is 14.1. The van der Waals surface area contributed by atoms with E-state index in [0.717, 1.165) is 11.3 Å². The molecule has 0 radical (unpaired) electrons. The van der Waals surface area contributed by atoms with Crippen LogP contribution in [-0.2, 0) is 9.53 Å². The van der Waals surface area contributed by atoms with Gasteiger partial charge in [0.05, 0.1) is 24.4 Å². The van der Waals surface area contributed by atoms with Crippen molar-refractivity contribution >= 4 is 11.9 Å². The first-order chi connectivity index (χ1) is 12.0. The van der Waals surface area contributed by atoms with Crippen LogP contribution in [0, 0.1) is 6.92 Å². The van der Waals surface area contributed by atoms with E-state index < -0.39 is 12.0 Å². The van der Waals surface area contributed by atoms with Gasteiger partial charge in [-0.3, -0.25) is 9.59 Å². The maximum absolute atomic E-state index is 12.8. The van der Waals surface area contributed by atoms with Crippen molar-refractivity contribution in [3.05, 3.63) is 41.7 Å². The highest BCUT2D eigenvalue weighted by molar-refractivity contribution is 5.92.